The first-order valence-electron chi connectivity index (χ1n) is 5.54. The first-order chi connectivity index (χ1) is 7.79. The van der Waals surface area contributed by atoms with Crippen molar-refractivity contribution >= 4 is 12.2 Å². The average molecular weight is 215 g/mol. The summed E-state index contributed by atoms with van der Waals surface area (Å²) in [7, 11) is 0. The van der Waals surface area contributed by atoms with Gasteiger partial charge in [0.2, 0.25) is 6.08 Å². The number of carbonyl (C=O) groups excluding carboxylic acids is 1. The lowest BCUT2D eigenvalue weighted by atomic mass is 9.98. The summed E-state index contributed by atoms with van der Waals surface area (Å²) in [4.78, 5) is 13.4. The van der Waals surface area contributed by atoms with E-state index >= 15 is 0 Å². The SMILES string of the molecule is C=Cc1c(C)cccc1CCCCN=C=O. The van der Waals surface area contributed by atoms with E-state index in [4.69, 9.17) is 0 Å². The molecule has 2 nitrogen and oxygen atoms in total. The minimum absolute atomic E-state index is 0.582. The number of isocyanates is 1. The van der Waals surface area contributed by atoms with E-state index in [1.165, 1.54) is 16.7 Å². The number of rotatable bonds is 6. The second-order valence-corrected chi connectivity index (χ2v) is 3.78. The molecule has 16 heavy (non-hydrogen) atoms. The zero-order chi connectivity index (χ0) is 11.8. The Kier molecular flexibility index (Phi) is 5.24. The van der Waals surface area contributed by atoms with Crippen LogP contribution in [0.2, 0.25) is 0 Å². The van der Waals surface area contributed by atoms with E-state index in [0.717, 1.165) is 19.3 Å². The predicted octanol–water partition coefficient (Wildman–Crippen LogP) is 3.30. The van der Waals surface area contributed by atoms with Gasteiger partial charge in [0.25, 0.3) is 0 Å². The molecule has 0 fully saturated rings. The maximum absolute atomic E-state index is 9.88. The van der Waals surface area contributed by atoms with Crippen molar-refractivity contribution in [3.05, 3.63) is 41.5 Å². The molecular formula is C14H17NO. The summed E-state index contributed by atoms with van der Waals surface area (Å²) >= 11 is 0. The molecule has 2 heteroatoms. The third kappa shape index (κ3) is 3.48. The van der Waals surface area contributed by atoms with Crippen LogP contribution in [0.25, 0.3) is 6.08 Å². The minimum Gasteiger partial charge on any atom is -0.211 e. The first kappa shape index (κ1) is 12.4. The molecule has 0 aliphatic heterocycles. The summed E-state index contributed by atoms with van der Waals surface area (Å²) in [6.45, 7) is 6.52. The van der Waals surface area contributed by atoms with Crippen molar-refractivity contribution in [3.8, 4) is 0 Å². The number of aryl methyl sites for hydroxylation is 2. The number of nitrogens with zero attached hydrogens (tertiary/aromatic N) is 1. The zero-order valence-corrected chi connectivity index (χ0v) is 9.70. The highest BCUT2D eigenvalue weighted by atomic mass is 16.1. The molecule has 0 amide bonds. The van der Waals surface area contributed by atoms with Crippen molar-refractivity contribution in [3.63, 3.8) is 0 Å². The summed E-state index contributed by atoms with van der Waals surface area (Å²) < 4.78 is 0. The van der Waals surface area contributed by atoms with Gasteiger partial charge in [-0.05, 0) is 42.9 Å². The normalized spacial score (nSPS) is 9.56. The van der Waals surface area contributed by atoms with E-state index in [0.29, 0.717) is 6.54 Å². The van der Waals surface area contributed by atoms with Gasteiger partial charge in [-0.2, -0.15) is 0 Å². The second-order valence-electron chi connectivity index (χ2n) is 3.78. The summed E-state index contributed by atoms with van der Waals surface area (Å²) in [5.74, 6) is 0. The highest BCUT2D eigenvalue weighted by Crippen LogP contribution is 2.17. The standard InChI is InChI=1S/C14H17NO/c1-3-14-12(2)7-6-9-13(14)8-4-5-10-15-11-16/h3,6-7,9H,1,4-5,8,10H2,2H3. The number of unbranched alkanes of at least 4 members (excludes halogenated alkanes) is 1. The fourth-order valence-electron chi connectivity index (χ4n) is 1.80. The topological polar surface area (TPSA) is 29.4 Å². The maximum atomic E-state index is 9.88. The van der Waals surface area contributed by atoms with Gasteiger partial charge in [-0.3, -0.25) is 0 Å². The molecule has 0 aromatic heterocycles. The van der Waals surface area contributed by atoms with Gasteiger partial charge in [0.15, 0.2) is 0 Å². The Hall–Kier alpha value is -1.66. The summed E-state index contributed by atoms with van der Waals surface area (Å²) in [6.07, 6.45) is 6.45. The fourth-order valence-corrected chi connectivity index (χ4v) is 1.80. The molecule has 0 saturated heterocycles. The number of aliphatic imine (C=N–C) groups is 1. The van der Waals surface area contributed by atoms with Crippen LogP contribution in [-0.4, -0.2) is 12.6 Å². The molecule has 0 bridgehead atoms. The summed E-state index contributed by atoms with van der Waals surface area (Å²) in [5, 5.41) is 0. The van der Waals surface area contributed by atoms with E-state index in [1.54, 1.807) is 6.08 Å². The quantitative estimate of drug-likeness (QED) is 0.406. The van der Waals surface area contributed by atoms with Gasteiger partial charge in [-0.1, -0.05) is 30.9 Å². The van der Waals surface area contributed by atoms with Crippen molar-refractivity contribution in [2.75, 3.05) is 6.54 Å². The molecule has 0 aliphatic rings. The summed E-state index contributed by atoms with van der Waals surface area (Å²) in [6, 6.07) is 6.30. The maximum Gasteiger partial charge on any atom is 0.234 e. The highest BCUT2D eigenvalue weighted by Gasteiger charge is 2.01. The lowest BCUT2D eigenvalue weighted by Crippen LogP contribution is -1.93. The third-order valence-electron chi connectivity index (χ3n) is 2.65. The van der Waals surface area contributed by atoms with Crippen molar-refractivity contribution < 1.29 is 4.79 Å². The smallest absolute Gasteiger partial charge is 0.211 e. The molecule has 1 rings (SSSR count). The minimum atomic E-state index is 0.582. The van der Waals surface area contributed by atoms with Crippen LogP contribution in [0.1, 0.15) is 29.5 Å². The van der Waals surface area contributed by atoms with Crippen LogP contribution in [0.3, 0.4) is 0 Å². The molecule has 0 heterocycles. The highest BCUT2D eigenvalue weighted by molar-refractivity contribution is 5.56. The van der Waals surface area contributed by atoms with Crippen molar-refractivity contribution in [1.82, 2.24) is 0 Å². The van der Waals surface area contributed by atoms with Crippen LogP contribution >= 0.6 is 0 Å². The van der Waals surface area contributed by atoms with Crippen LogP contribution < -0.4 is 0 Å². The molecule has 1 aromatic carbocycles. The van der Waals surface area contributed by atoms with Crippen LogP contribution in [-0.2, 0) is 11.2 Å². The molecule has 0 atom stereocenters. The Bertz CT molecular complexity index is 403. The second kappa shape index (κ2) is 6.76. The van der Waals surface area contributed by atoms with Gasteiger partial charge in [0.05, 0.1) is 6.54 Å². The van der Waals surface area contributed by atoms with E-state index in [1.807, 2.05) is 6.08 Å². The summed E-state index contributed by atoms with van der Waals surface area (Å²) in [5.41, 5.74) is 3.82. The monoisotopic (exact) mass is 215 g/mol. The lowest BCUT2D eigenvalue weighted by Gasteiger charge is -2.08. The predicted molar refractivity (Wildman–Crippen MR) is 67.2 cm³/mol. The van der Waals surface area contributed by atoms with E-state index < -0.39 is 0 Å². The first-order valence-corrected chi connectivity index (χ1v) is 5.54. The molecule has 0 spiro atoms. The van der Waals surface area contributed by atoms with E-state index in [2.05, 4.69) is 36.7 Å². The van der Waals surface area contributed by atoms with Crippen LogP contribution in [0.4, 0.5) is 0 Å². The number of benzene rings is 1. The molecule has 0 unspecified atom stereocenters. The van der Waals surface area contributed by atoms with Gasteiger partial charge in [-0.25, -0.2) is 9.79 Å². The van der Waals surface area contributed by atoms with Gasteiger partial charge >= 0.3 is 0 Å². The third-order valence-corrected chi connectivity index (χ3v) is 2.65. The zero-order valence-electron chi connectivity index (χ0n) is 9.70. The molecule has 84 valence electrons. The Morgan fingerprint density at radius 3 is 2.94 bits per heavy atom. The lowest BCUT2D eigenvalue weighted by molar-refractivity contribution is 0.562. The van der Waals surface area contributed by atoms with Gasteiger partial charge in [0, 0.05) is 0 Å². The van der Waals surface area contributed by atoms with Crippen LogP contribution in [0, 0.1) is 6.92 Å². The van der Waals surface area contributed by atoms with Crippen LogP contribution in [0.15, 0.2) is 29.8 Å². The average Bonchev–Trinajstić information content (AvgIpc) is 2.29. The molecule has 0 radical (unpaired) electrons. The Morgan fingerprint density at radius 2 is 2.25 bits per heavy atom. The van der Waals surface area contributed by atoms with Crippen molar-refractivity contribution in [1.29, 1.82) is 0 Å². The number of hydrogen-bond acceptors (Lipinski definition) is 2. The molecule has 0 aliphatic carbocycles. The molecule has 1 aromatic rings. The van der Waals surface area contributed by atoms with E-state index in [-0.39, 0.29) is 0 Å². The number of hydrogen-bond donors (Lipinski definition) is 0. The fraction of sp³-hybridized carbons (Fsp3) is 0.357. The Labute approximate surface area is 96.7 Å². The van der Waals surface area contributed by atoms with Crippen molar-refractivity contribution in [2.45, 2.75) is 26.2 Å². The van der Waals surface area contributed by atoms with Gasteiger partial charge in [-0.15, -0.1) is 0 Å². The molecule has 0 saturated carbocycles. The Balaban J connectivity index is 2.56. The molecule has 0 N–H and O–H groups in total. The largest absolute Gasteiger partial charge is 0.234 e. The van der Waals surface area contributed by atoms with Gasteiger partial charge < -0.3 is 0 Å². The van der Waals surface area contributed by atoms with Crippen LogP contribution in [0.5, 0.6) is 0 Å². The molecular weight excluding hydrogens is 198 g/mol. The van der Waals surface area contributed by atoms with E-state index in [9.17, 15) is 4.79 Å². The van der Waals surface area contributed by atoms with Crippen molar-refractivity contribution in [2.24, 2.45) is 4.99 Å². The van der Waals surface area contributed by atoms with Gasteiger partial charge in [0.1, 0.15) is 0 Å². The Morgan fingerprint density at radius 1 is 1.44 bits per heavy atom.